The van der Waals surface area contributed by atoms with Gasteiger partial charge < -0.3 is 10.1 Å². The number of nitrogens with one attached hydrogen (secondary N) is 1. The van der Waals surface area contributed by atoms with Gasteiger partial charge in [-0.15, -0.1) is 0 Å². The molecule has 5 nitrogen and oxygen atoms in total. The number of hydrogen-bond acceptors (Lipinski definition) is 3. The number of aromatic carboxylic acids is 1. The molecule has 0 amide bonds. The average Bonchev–Trinajstić information content (AvgIpc) is 2.91. The van der Waals surface area contributed by atoms with Crippen LogP contribution >= 0.6 is 0 Å². The van der Waals surface area contributed by atoms with Crippen molar-refractivity contribution in [3.05, 3.63) is 47.7 Å². The van der Waals surface area contributed by atoms with Gasteiger partial charge >= 0.3 is 5.97 Å². The molecule has 0 fully saturated rings. The minimum atomic E-state index is -1.06. The van der Waals surface area contributed by atoms with E-state index >= 15 is 0 Å². The summed E-state index contributed by atoms with van der Waals surface area (Å²) in [6, 6.07) is 5.80. The van der Waals surface area contributed by atoms with E-state index in [4.69, 9.17) is 0 Å². The van der Waals surface area contributed by atoms with Gasteiger partial charge in [0.15, 0.2) is 0 Å². The summed E-state index contributed by atoms with van der Waals surface area (Å²) in [5.41, 5.74) is 1.72. The zero-order valence-corrected chi connectivity index (χ0v) is 11.2. The number of benzene rings is 1. The van der Waals surface area contributed by atoms with E-state index < -0.39 is 5.97 Å². The average molecular weight is 285 g/mol. The SMILES string of the molecule is CCc1nc(-c2ccc(F)cc2)c2c(C(=O)O)c[nH]c2n1. The van der Waals surface area contributed by atoms with Gasteiger partial charge in [0.2, 0.25) is 0 Å². The fraction of sp³-hybridized carbons (Fsp3) is 0.133. The van der Waals surface area contributed by atoms with Gasteiger partial charge in [-0.05, 0) is 24.3 Å². The molecular formula is C15H12FN3O2. The fourth-order valence-electron chi connectivity index (χ4n) is 2.22. The Morgan fingerprint density at radius 2 is 2.00 bits per heavy atom. The molecule has 3 aromatic rings. The molecule has 0 radical (unpaired) electrons. The monoisotopic (exact) mass is 285 g/mol. The van der Waals surface area contributed by atoms with Gasteiger partial charge in [-0.3, -0.25) is 0 Å². The van der Waals surface area contributed by atoms with Crippen LogP contribution in [0.5, 0.6) is 0 Å². The van der Waals surface area contributed by atoms with Crippen LogP contribution in [0.15, 0.2) is 30.5 Å². The molecule has 106 valence electrons. The number of aryl methyl sites for hydroxylation is 1. The second-order valence-electron chi connectivity index (χ2n) is 4.58. The van der Waals surface area contributed by atoms with Gasteiger partial charge in [-0.2, -0.15) is 0 Å². The molecule has 0 saturated heterocycles. The van der Waals surface area contributed by atoms with Gasteiger partial charge in [-0.1, -0.05) is 6.92 Å². The maximum absolute atomic E-state index is 13.1. The van der Waals surface area contributed by atoms with Crippen LogP contribution in [-0.4, -0.2) is 26.0 Å². The predicted octanol–water partition coefficient (Wildman–Crippen LogP) is 3.02. The summed E-state index contributed by atoms with van der Waals surface area (Å²) in [6.07, 6.45) is 2.01. The van der Waals surface area contributed by atoms with Crippen LogP contribution in [0.3, 0.4) is 0 Å². The van der Waals surface area contributed by atoms with Crippen molar-refractivity contribution in [2.24, 2.45) is 0 Å². The molecule has 0 unspecified atom stereocenters. The van der Waals surface area contributed by atoms with Crippen LogP contribution in [0.1, 0.15) is 23.1 Å². The summed E-state index contributed by atoms with van der Waals surface area (Å²) >= 11 is 0. The van der Waals surface area contributed by atoms with Crippen LogP contribution < -0.4 is 0 Å². The summed E-state index contributed by atoms with van der Waals surface area (Å²) < 4.78 is 13.1. The number of carboxylic acid groups (broad SMARTS) is 1. The number of nitrogens with zero attached hydrogens (tertiary/aromatic N) is 2. The first-order chi connectivity index (χ1) is 10.1. The lowest BCUT2D eigenvalue weighted by atomic mass is 10.1. The first-order valence-corrected chi connectivity index (χ1v) is 6.47. The molecule has 0 aliphatic rings. The molecule has 0 atom stereocenters. The lowest BCUT2D eigenvalue weighted by molar-refractivity contribution is 0.0699. The summed E-state index contributed by atoms with van der Waals surface area (Å²) in [5.74, 6) is -0.814. The number of carbonyl (C=O) groups is 1. The molecule has 2 aromatic heterocycles. The zero-order valence-electron chi connectivity index (χ0n) is 11.2. The van der Waals surface area contributed by atoms with E-state index in [1.54, 1.807) is 12.1 Å². The fourth-order valence-corrected chi connectivity index (χ4v) is 2.22. The third-order valence-electron chi connectivity index (χ3n) is 3.24. The molecule has 3 rings (SSSR count). The summed E-state index contributed by atoms with van der Waals surface area (Å²) in [4.78, 5) is 22.9. The topological polar surface area (TPSA) is 78.9 Å². The molecule has 0 aliphatic heterocycles. The lowest BCUT2D eigenvalue weighted by Crippen LogP contribution is -2.00. The number of halogens is 1. The molecule has 1 aromatic carbocycles. The minimum absolute atomic E-state index is 0.104. The van der Waals surface area contributed by atoms with Crippen LogP contribution in [0.25, 0.3) is 22.3 Å². The molecule has 21 heavy (non-hydrogen) atoms. The van der Waals surface area contributed by atoms with E-state index in [-0.39, 0.29) is 11.4 Å². The van der Waals surface area contributed by atoms with Gasteiger partial charge in [-0.25, -0.2) is 19.2 Å². The summed E-state index contributed by atoms with van der Waals surface area (Å²) in [7, 11) is 0. The molecule has 0 bridgehead atoms. The van der Waals surface area contributed by atoms with Crippen LogP contribution in [0.4, 0.5) is 4.39 Å². The second-order valence-corrected chi connectivity index (χ2v) is 4.58. The van der Waals surface area contributed by atoms with E-state index in [2.05, 4.69) is 15.0 Å². The van der Waals surface area contributed by atoms with Crippen molar-refractivity contribution in [2.75, 3.05) is 0 Å². The summed E-state index contributed by atoms with van der Waals surface area (Å²) in [6.45, 7) is 1.91. The first-order valence-electron chi connectivity index (χ1n) is 6.47. The van der Waals surface area contributed by atoms with Crippen molar-refractivity contribution < 1.29 is 14.3 Å². The number of rotatable bonds is 3. The Hall–Kier alpha value is -2.76. The third kappa shape index (κ3) is 2.24. The highest BCUT2D eigenvalue weighted by Gasteiger charge is 2.18. The Labute approximate surface area is 119 Å². The second kappa shape index (κ2) is 4.97. The largest absolute Gasteiger partial charge is 0.478 e. The molecule has 0 spiro atoms. The predicted molar refractivity (Wildman–Crippen MR) is 75.6 cm³/mol. The maximum Gasteiger partial charge on any atom is 0.338 e. The smallest absolute Gasteiger partial charge is 0.338 e. The highest BCUT2D eigenvalue weighted by molar-refractivity contribution is 6.07. The van der Waals surface area contributed by atoms with Crippen molar-refractivity contribution in [1.82, 2.24) is 15.0 Å². The van der Waals surface area contributed by atoms with Crippen molar-refractivity contribution in [3.8, 4) is 11.3 Å². The van der Waals surface area contributed by atoms with Gasteiger partial charge in [0.05, 0.1) is 16.6 Å². The van der Waals surface area contributed by atoms with E-state index in [9.17, 15) is 14.3 Å². The first kappa shape index (κ1) is 13.2. The molecular weight excluding hydrogens is 273 g/mol. The van der Waals surface area contributed by atoms with E-state index in [0.29, 0.717) is 34.5 Å². The standard InChI is InChI=1S/C15H12FN3O2/c1-2-11-18-13(8-3-5-9(16)6-4-8)12-10(15(20)21)7-17-14(12)19-11/h3-7H,2H2,1H3,(H,20,21)(H,17,18,19). The zero-order chi connectivity index (χ0) is 15.0. The number of carboxylic acids is 1. The van der Waals surface area contributed by atoms with Crippen LogP contribution in [0, 0.1) is 5.82 Å². The number of fused-ring (bicyclic) bond motifs is 1. The Kier molecular flexibility index (Phi) is 3.13. The van der Waals surface area contributed by atoms with Crippen LogP contribution in [0.2, 0.25) is 0 Å². The number of hydrogen-bond donors (Lipinski definition) is 2. The van der Waals surface area contributed by atoms with E-state index in [1.165, 1.54) is 18.3 Å². The highest BCUT2D eigenvalue weighted by atomic mass is 19.1. The molecule has 2 heterocycles. The Balaban J connectivity index is 2.34. The third-order valence-corrected chi connectivity index (χ3v) is 3.24. The van der Waals surface area contributed by atoms with E-state index in [1.807, 2.05) is 6.92 Å². The van der Waals surface area contributed by atoms with Gasteiger partial charge in [0.1, 0.15) is 17.3 Å². The Bertz CT molecular complexity index is 825. The normalized spacial score (nSPS) is 11.0. The summed E-state index contributed by atoms with van der Waals surface area (Å²) in [5, 5.41) is 9.71. The van der Waals surface area contributed by atoms with Gasteiger partial charge in [0.25, 0.3) is 0 Å². The van der Waals surface area contributed by atoms with Crippen molar-refractivity contribution in [2.45, 2.75) is 13.3 Å². The molecule has 0 saturated carbocycles. The minimum Gasteiger partial charge on any atom is -0.478 e. The molecule has 6 heteroatoms. The Morgan fingerprint density at radius 1 is 1.29 bits per heavy atom. The quantitative estimate of drug-likeness (QED) is 0.775. The molecule has 0 aliphatic carbocycles. The number of H-pyrrole nitrogens is 1. The van der Waals surface area contributed by atoms with Crippen LogP contribution in [-0.2, 0) is 6.42 Å². The number of aromatic amines is 1. The Morgan fingerprint density at radius 3 is 2.62 bits per heavy atom. The van der Waals surface area contributed by atoms with Crippen molar-refractivity contribution in [3.63, 3.8) is 0 Å². The van der Waals surface area contributed by atoms with Crippen molar-refractivity contribution in [1.29, 1.82) is 0 Å². The highest BCUT2D eigenvalue weighted by Crippen LogP contribution is 2.29. The maximum atomic E-state index is 13.1. The van der Waals surface area contributed by atoms with Crippen molar-refractivity contribution >= 4 is 17.0 Å². The van der Waals surface area contributed by atoms with Gasteiger partial charge in [0, 0.05) is 18.2 Å². The molecule has 2 N–H and O–H groups in total. The van der Waals surface area contributed by atoms with E-state index in [0.717, 1.165) is 0 Å². The lowest BCUT2D eigenvalue weighted by Gasteiger charge is -2.06. The number of aromatic nitrogens is 3.